The fraction of sp³-hybridized carbons (Fsp3) is 0.389. The molecule has 1 aliphatic heterocycles. The number of rotatable bonds is 6. The van der Waals surface area contributed by atoms with Crippen LogP contribution in [-0.2, 0) is 6.54 Å². The molecule has 1 aromatic carbocycles. The Morgan fingerprint density at radius 2 is 2.00 bits per heavy atom. The summed E-state index contributed by atoms with van der Waals surface area (Å²) in [4.78, 5) is 25.0. The number of carbonyl (C=O) groups is 2. The predicted octanol–water partition coefficient (Wildman–Crippen LogP) is 2.27. The minimum atomic E-state index is -0.350. The van der Waals surface area contributed by atoms with E-state index in [1.807, 2.05) is 20.8 Å². The van der Waals surface area contributed by atoms with Crippen LogP contribution in [0.1, 0.15) is 41.6 Å². The highest BCUT2D eigenvalue weighted by Crippen LogP contribution is 2.32. The molecule has 0 saturated carbocycles. The highest BCUT2D eigenvalue weighted by Gasteiger charge is 2.21. The number of anilines is 1. The van der Waals surface area contributed by atoms with Crippen molar-refractivity contribution in [3.8, 4) is 11.5 Å². The van der Waals surface area contributed by atoms with E-state index in [1.54, 1.807) is 29.1 Å². The molecule has 2 N–H and O–H groups in total. The predicted molar refractivity (Wildman–Crippen MR) is 95.6 cm³/mol. The van der Waals surface area contributed by atoms with E-state index in [1.165, 1.54) is 0 Å². The van der Waals surface area contributed by atoms with Gasteiger partial charge in [-0.2, -0.15) is 5.10 Å². The van der Waals surface area contributed by atoms with Gasteiger partial charge < -0.3 is 20.1 Å². The summed E-state index contributed by atoms with van der Waals surface area (Å²) in [6, 6.07) is 4.94. The maximum atomic E-state index is 12.6. The van der Waals surface area contributed by atoms with Crippen LogP contribution >= 0.6 is 0 Å². The van der Waals surface area contributed by atoms with Gasteiger partial charge in [0.25, 0.3) is 11.8 Å². The molecular formula is C18H22N4O4. The quantitative estimate of drug-likeness (QED) is 0.826. The molecule has 0 unspecified atom stereocenters. The molecule has 3 rings (SSSR count). The summed E-state index contributed by atoms with van der Waals surface area (Å²) < 4.78 is 12.2. The molecular weight excluding hydrogens is 336 g/mol. The molecule has 0 aliphatic carbocycles. The second-order valence-corrected chi connectivity index (χ2v) is 6.37. The van der Waals surface area contributed by atoms with Gasteiger partial charge in [-0.1, -0.05) is 13.8 Å². The van der Waals surface area contributed by atoms with E-state index in [0.717, 1.165) is 0 Å². The van der Waals surface area contributed by atoms with E-state index < -0.39 is 0 Å². The molecule has 0 spiro atoms. The van der Waals surface area contributed by atoms with E-state index in [-0.39, 0.29) is 24.3 Å². The van der Waals surface area contributed by atoms with Crippen molar-refractivity contribution >= 4 is 17.5 Å². The monoisotopic (exact) mass is 358 g/mol. The minimum Gasteiger partial charge on any atom is -0.454 e. The third-order valence-corrected chi connectivity index (χ3v) is 3.85. The van der Waals surface area contributed by atoms with E-state index >= 15 is 0 Å². The number of hydrogen-bond donors (Lipinski definition) is 2. The number of carbonyl (C=O) groups excluding carboxylic acids is 2. The van der Waals surface area contributed by atoms with Gasteiger partial charge in [0, 0.05) is 24.8 Å². The molecule has 8 nitrogen and oxygen atoms in total. The lowest BCUT2D eigenvalue weighted by molar-refractivity contribution is 0.0944. The zero-order chi connectivity index (χ0) is 18.7. The summed E-state index contributed by atoms with van der Waals surface area (Å²) in [7, 11) is 0. The zero-order valence-electron chi connectivity index (χ0n) is 15.0. The number of aromatic nitrogens is 2. The first-order valence-electron chi connectivity index (χ1n) is 8.54. The molecule has 138 valence electrons. The molecule has 8 heteroatoms. The normalized spacial score (nSPS) is 12.3. The van der Waals surface area contributed by atoms with E-state index in [9.17, 15) is 9.59 Å². The van der Waals surface area contributed by atoms with Crippen LogP contribution in [0, 0.1) is 5.92 Å². The van der Waals surface area contributed by atoms with Crippen LogP contribution in [0.15, 0.2) is 24.4 Å². The molecule has 2 aromatic rings. The summed E-state index contributed by atoms with van der Waals surface area (Å²) in [5.74, 6) is 0.786. The van der Waals surface area contributed by atoms with Gasteiger partial charge in [-0.15, -0.1) is 0 Å². The molecule has 1 aliphatic rings. The number of nitrogens with one attached hydrogen (secondary N) is 2. The Balaban J connectivity index is 1.79. The maximum absolute atomic E-state index is 12.6. The SMILES string of the molecule is CCn1cc(NC(=O)c2ccc3c(c2)OCO3)c(C(=O)NCC(C)C)n1. The number of ether oxygens (including phenoxy) is 2. The van der Waals surface area contributed by atoms with Crippen LogP contribution in [0.2, 0.25) is 0 Å². The molecule has 0 bridgehead atoms. The molecule has 1 aromatic heterocycles. The first-order valence-corrected chi connectivity index (χ1v) is 8.54. The van der Waals surface area contributed by atoms with Gasteiger partial charge in [0.1, 0.15) is 0 Å². The Morgan fingerprint density at radius 3 is 2.73 bits per heavy atom. The number of aryl methyl sites for hydroxylation is 1. The van der Waals surface area contributed by atoms with E-state index in [2.05, 4.69) is 15.7 Å². The maximum Gasteiger partial charge on any atom is 0.273 e. The second-order valence-electron chi connectivity index (χ2n) is 6.37. The minimum absolute atomic E-state index is 0.143. The van der Waals surface area contributed by atoms with E-state index in [0.29, 0.717) is 41.8 Å². The molecule has 26 heavy (non-hydrogen) atoms. The fourth-order valence-electron chi connectivity index (χ4n) is 2.46. The van der Waals surface area contributed by atoms with Crippen LogP contribution in [0.4, 0.5) is 5.69 Å². The van der Waals surface area contributed by atoms with Crippen LogP contribution in [-0.4, -0.2) is 34.9 Å². The third kappa shape index (κ3) is 3.79. The average molecular weight is 358 g/mol. The lowest BCUT2D eigenvalue weighted by Crippen LogP contribution is -2.28. The van der Waals surface area contributed by atoms with Crippen LogP contribution < -0.4 is 20.1 Å². The van der Waals surface area contributed by atoms with Crippen LogP contribution in [0.5, 0.6) is 11.5 Å². The fourth-order valence-corrected chi connectivity index (χ4v) is 2.46. The van der Waals surface area contributed by atoms with Gasteiger partial charge in [0.05, 0.1) is 5.69 Å². The summed E-state index contributed by atoms with van der Waals surface area (Å²) in [5.41, 5.74) is 0.976. The summed E-state index contributed by atoms with van der Waals surface area (Å²) >= 11 is 0. The van der Waals surface area contributed by atoms with Gasteiger partial charge in [-0.25, -0.2) is 0 Å². The average Bonchev–Trinajstić information content (AvgIpc) is 3.25. The number of amides is 2. The Morgan fingerprint density at radius 1 is 1.23 bits per heavy atom. The molecule has 2 amide bonds. The van der Waals surface area contributed by atoms with Crippen LogP contribution in [0.25, 0.3) is 0 Å². The topological polar surface area (TPSA) is 94.5 Å². The Hall–Kier alpha value is -3.03. The molecule has 0 atom stereocenters. The largest absolute Gasteiger partial charge is 0.454 e. The molecule has 2 heterocycles. The van der Waals surface area contributed by atoms with Crippen molar-refractivity contribution in [1.29, 1.82) is 0 Å². The highest BCUT2D eigenvalue weighted by molar-refractivity contribution is 6.08. The summed E-state index contributed by atoms with van der Waals surface area (Å²) in [6.07, 6.45) is 1.65. The summed E-state index contributed by atoms with van der Waals surface area (Å²) in [6.45, 7) is 7.19. The van der Waals surface area contributed by atoms with Crippen molar-refractivity contribution in [3.63, 3.8) is 0 Å². The first kappa shape index (κ1) is 17.8. The second kappa shape index (κ2) is 7.47. The van der Waals surface area contributed by atoms with E-state index in [4.69, 9.17) is 9.47 Å². The Bertz CT molecular complexity index is 829. The van der Waals surface area contributed by atoms with Crippen molar-refractivity contribution in [1.82, 2.24) is 15.1 Å². The van der Waals surface area contributed by atoms with Gasteiger partial charge in [0.2, 0.25) is 6.79 Å². The third-order valence-electron chi connectivity index (χ3n) is 3.85. The van der Waals surface area contributed by atoms with Gasteiger partial charge in [-0.3, -0.25) is 14.3 Å². The smallest absolute Gasteiger partial charge is 0.273 e. The number of fused-ring (bicyclic) bond motifs is 1. The lowest BCUT2D eigenvalue weighted by Gasteiger charge is -2.08. The number of benzene rings is 1. The van der Waals surface area contributed by atoms with Crippen molar-refractivity contribution in [2.24, 2.45) is 5.92 Å². The van der Waals surface area contributed by atoms with Gasteiger partial charge in [-0.05, 0) is 31.0 Å². The van der Waals surface area contributed by atoms with Gasteiger partial charge >= 0.3 is 0 Å². The van der Waals surface area contributed by atoms with Crippen molar-refractivity contribution < 1.29 is 19.1 Å². The first-order chi connectivity index (χ1) is 12.5. The number of nitrogens with zero attached hydrogens (tertiary/aromatic N) is 2. The Kier molecular flexibility index (Phi) is 5.11. The lowest BCUT2D eigenvalue weighted by atomic mass is 10.2. The Labute approximate surface area is 151 Å². The molecule has 0 saturated heterocycles. The van der Waals surface area contributed by atoms with Gasteiger partial charge in [0.15, 0.2) is 17.2 Å². The molecule has 0 fully saturated rings. The zero-order valence-corrected chi connectivity index (χ0v) is 15.0. The summed E-state index contributed by atoms with van der Waals surface area (Å²) in [5, 5.41) is 9.84. The highest BCUT2D eigenvalue weighted by atomic mass is 16.7. The van der Waals surface area contributed by atoms with Crippen molar-refractivity contribution in [2.75, 3.05) is 18.7 Å². The standard InChI is InChI=1S/C18H22N4O4/c1-4-22-9-13(16(21-22)18(24)19-8-11(2)3)20-17(23)12-5-6-14-15(7-12)26-10-25-14/h5-7,9,11H,4,8,10H2,1-3H3,(H,19,24)(H,20,23). The van der Waals surface area contributed by atoms with Crippen molar-refractivity contribution in [2.45, 2.75) is 27.3 Å². The number of hydrogen-bond acceptors (Lipinski definition) is 5. The molecule has 0 radical (unpaired) electrons. The van der Waals surface area contributed by atoms with Crippen LogP contribution in [0.3, 0.4) is 0 Å². The van der Waals surface area contributed by atoms with Crippen molar-refractivity contribution in [3.05, 3.63) is 35.7 Å².